The highest BCUT2D eigenvalue weighted by molar-refractivity contribution is 7.89. The first-order chi connectivity index (χ1) is 12.8. The molecule has 0 aliphatic carbocycles. The molecule has 1 aliphatic rings. The minimum atomic E-state index is -3.64. The molecule has 0 saturated heterocycles. The molecule has 0 radical (unpaired) electrons. The van der Waals surface area contributed by atoms with Crippen LogP contribution in [0.1, 0.15) is 34.8 Å². The molecule has 1 amide bonds. The van der Waals surface area contributed by atoms with Crippen LogP contribution in [0.15, 0.2) is 35.4 Å². The first-order valence-corrected chi connectivity index (χ1v) is 10.2. The molecule has 9 heteroatoms. The Bertz CT molecular complexity index is 921. The SMILES string of the molecule is COCCNC(=O)c1cn2c(n1)[C@@H](C)N(S(=O)(=O)c1ccc(C)cc1)CC2. The van der Waals surface area contributed by atoms with Gasteiger partial charge in [-0.3, -0.25) is 4.79 Å². The summed E-state index contributed by atoms with van der Waals surface area (Å²) >= 11 is 0. The lowest BCUT2D eigenvalue weighted by Gasteiger charge is -2.32. The van der Waals surface area contributed by atoms with Crippen LogP contribution in [0.2, 0.25) is 0 Å². The van der Waals surface area contributed by atoms with Crippen LogP contribution in [0, 0.1) is 6.92 Å². The van der Waals surface area contributed by atoms with E-state index >= 15 is 0 Å². The number of aryl methyl sites for hydroxylation is 1. The summed E-state index contributed by atoms with van der Waals surface area (Å²) < 4.78 is 34.3. The molecule has 3 rings (SSSR count). The molecule has 8 nitrogen and oxygen atoms in total. The number of carbonyl (C=O) groups is 1. The Morgan fingerprint density at radius 2 is 2.00 bits per heavy atom. The van der Waals surface area contributed by atoms with E-state index in [0.717, 1.165) is 5.56 Å². The topological polar surface area (TPSA) is 93.5 Å². The van der Waals surface area contributed by atoms with Crippen molar-refractivity contribution in [1.29, 1.82) is 0 Å². The van der Waals surface area contributed by atoms with Gasteiger partial charge in [0, 0.05) is 32.9 Å². The fourth-order valence-electron chi connectivity index (χ4n) is 3.11. The average Bonchev–Trinajstić information content (AvgIpc) is 3.08. The maximum atomic E-state index is 13.0. The third kappa shape index (κ3) is 3.90. The van der Waals surface area contributed by atoms with E-state index in [4.69, 9.17) is 4.74 Å². The average molecular weight is 392 g/mol. The van der Waals surface area contributed by atoms with Crippen LogP contribution in [0.25, 0.3) is 0 Å². The van der Waals surface area contributed by atoms with Gasteiger partial charge < -0.3 is 14.6 Å². The standard InChI is InChI=1S/C18H24N4O4S/c1-13-4-6-15(7-5-13)27(24,25)22-10-9-21-12-16(20-17(21)14(22)2)18(23)19-8-11-26-3/h4-7,12,14H,8-11H2,1-3H3,(H,19,23)/t14-/m1/s1. The van der Waals surface area contributed by atoms with E-state index < -0.39 is 16.1 Å². The van der Waals surface area contributed by atoms with Crippen molar-refractivity contribution >= 4 is 15.9 Å². The highest BCUT2D eigenvalue weighted by Crippen LogP contribution is 2.30. The third-order valence-corrected chi connectivity index (χ3v) is 6.61. The molecular weight excluding hydrogens is 368 g/mol. The summed E-state index contributed by atoms with van der Waals surface area (Å²) in [5, 5.41) is 2.72. The number of sulfonamides is 1. The molecule has 146 valence electrons. The summed E-state index contributed by atoms with van der Waals surface area (Å²) in [4.78, 5) is 16.8. The van der Waals surface area contributed by atoms with Gasteiger partial charge in [0.25, 0.3) is 5.91 Å². The molecule has 1 aliphatic heterocycles. The van der Waals surface area contributed by atoms with E-state index in [0.29, 0.717) is 32.1 Å². The van der Waals surface area contributed by atoms with Crippen LogP contribution in [0.3, 0.4) is 0 Å². The van der Waals surface area contributed by atoms with E-state index in [1.165, 1.54) is 4.31 Å². The number of imidazole rings is 1. The number of fused-ring (bicyclic) bond motifs is 1. The van der Waals surface area contributed by atoms with Crippen molar-refractivity contribution in [2.75, 3.05) is 26.8 Å². The van der Waals surface area contributed by atoms with Crippen molar-refractivity contribution in [3.63, 3.8) is 0 Å². The van der Waals surface area contributed by atoms with Crippen molar-refractivity contribution in [2.24, 2.45) is 0 Å². The second-order valence-electron chi connectivity index (χ2n) is 6.53. The molecule has 1 aromatic heterocycles. The number of rotatable bonds is 6. The van der Waals surface area contributed by atoms with Crippen molar-refractivity contribution in [3.05, 3.63) is 47.5 Å². The molecule has 0 spiro atoms. The zero-order chi connectivity index (χ0) is 19.6. The summed E-state index contributed by atoms with van der Waals surface area (Å²) in [6, 6.07) is 6.33. The Hall–Kier alpha value is -2.23. The fraction of sp³-hybridized carbons (Fsp3) is 0.444. The van der Waals surface area contributed by atoms with Gasteiger partial charge in [-0.1, -0.05) is 17.7 Å². The molecule has 0 saturated carbocycles. The minimum absolute atomic E-state index is 0.262. The number of methoxy groups -OCH3 is 1. The maximum Gasteiger partial charge on any atom is 0.271 e. The fourth-order valence-corrected chi connectivity index (χ4v) is 4.70. The predicted octanol–water partition coefficient (Wildman–Crippen LogP) is 1.33. The van der Waals surface area contributed by atoms with Gasteiger partial charge in [0.15, 0.2) is 0 Å². The second-order valence-corrected chi connectivity index (χ2v) is 8.42. The zero-order valence-electron chi connectivity index (χ0n) is 15.7. The Morgan fingerprint density at radius 3 is 2.67 bits per heavy atom. The minimum Gasteiger partial charge on any atom is -0.383 e. The van der Waals surface area contributed by atoms with E-state index in [1.807, 2.05) is 11.5 Å². The number of carbonyl (C=O) groups excluding carboxylic acids is 1. The highest BCUT2D eigenvalue weighted by atomic mass is 32.2. The van der Waals surface area contributed by atoms with Crippen LogP contribution < -0.4 is 5.32 Å². The Morgan fingerprint density at radius 1 is 1.30 bits per heavy atom. The molecule has 27 heavy (non-hydrogen) atoms. The summed E-state index contributed by atoms with van der Waals surface area (Å²) in [7, 11) is -2.07. The molecular formula is C18H24N4O4S. The number of aromatic nitrogens is 2. The van der Waals surface area contributed by atoms with E-state index in [2.05, 4.69) is 10.3 Å². The van der Waals surface area contributed by atoms with E-state index in [1.54, 1.807) is 44.5 Å². The molecule has 2 aromatic rings. The number of benzene rings is 1. The molecule has 2 heterocycles. The number of hydrogen-bond acceptors (Lipinski definition) is 5. The lowest BCUT2D eigenvalue weighted by Crippen LogP contribution is -2.41. The normalized spacial score (nSPS) is 17.5. The lowest BCUT2D eigenvalue weighted by molar-refractivity contribution is 0.0932. The van der Waals surface area contributed by atoms with Gasteiger partial charge in [-0.25, -0.2) is 13.4 Å². The van der Waals surface area contributed by atoms with Gasteiger partial charge >= 0.3 is 0 Å². The zero-order valence-corrected chi connectivity index (χ0v) is 16.5. The number of amides is 1. The highest BCUT2D eigenvalue weighted by Gasteiger charge is 2.35. The van der Waals surface area contributed by atoms with E-state index in [-0.39, 0.29) is 16.5 Å². The predicted molar refractivity (Wildman–Crippen MR) is 99.9 cm³/mol. The second kappa shape index (κ2) is 7.79. The van der Waals surface area contributed by atoms with Crippen LogP contribution in [0.4, 0.5) is 0 Å². The molecule has 0 bridgehead atoms. The van der Waals surface area contributed by atoms with Gasteiger partial charge in [0.1, 0.15) is 11.5 Å². The summed E-state index contributed by atoms with van der Waals surface area (Å²) in [5.74, 6) is 0.267. The van der Waals surface area contributed by atoms with Crippen LogP contribution in [-0.2, 0) is 21.3 Å². The summed E-state index contributed by atoms with van der Waals surface area (Å²) in [5.41, 5.74) is 1.28. The number of hydrogen-bond donors (Lipinski definition) is 1. The number of nitrogens with zero attached hydrogens (tertiary/aromatic N) is 3. The molecule has 0 unspecified atom stereocenters. The van der Waals surface area contributed by atoms with Gasteiger partial charge in [0.05, 0.1) is 17.5 Å². The first kappa shape index (κ1) is 19.5. The van der Waals surface area contributed by atoms with Crippen LogP contribution in [0.5, 0.6) is 0 Å². The third-order valence-electron chi connectivity index (χ3n) is 4.63. The Labute approximate surface area is 159 Å². The van der Waals surface area contributed by atoms with Crippen LogP contribution >= 0.6 is 0 Å². The summed E-state index contributed by atoms with van der Waals surface area (Å²) in [6.45, 7) is 5.28. The Balaban J connectivity index is 1.82. The van der Waals surface area contributed by atoms with Crippen molar-refractivity contribution in [2.45, 2.75) is 31.3 Å². The molecule has 1 aromatic carbocycles. The van der Waals surface area contributed by atoms with Gasteiger partial charge in [-0.05, 0) is 26.0 Å². The quantitative estimate of drug-likeness (QED) is 0.749. The maximum absolute atomic E-state index is 13.0. The summed E-state index contributed by atoms with van der Waals surface area (Å²) in [6.07, 6.45) is 1.67. The molecule has 1 atom stereocenters. The van der Waals surface area contributed by atoms with Crippen molar-refractivity contribution in [3.8, 4) is 0 Å². The monoisotopic (exact) mass is 392 g/mol. The number of nitrogens with one attached hydrogen (secondary N) is 1. The van der Waals surface area contributed by atoms with Gasteiger partial charge in [-0.15, -0.1) is 0 Å². The van der Waals surface area contributed by atoms with Crippen molar-refractivity contribution in [1.82, 2.24) is 19.2 Å². The lowest BCUT2D eigenvalue weighted by atomic mass is 10.2. The van der Waals surface area contributed by atoms with Crippen LogP contribution in [-0.4, -0.2) is 55.0 Å². The largest absolute Gasteiger partial charge is 0.383 e. The first-order valence-electron chi connectivity index (χ1n) is 8.77. The van der Waals surface area contributed by atoms with Gasteiger partial charge in [0.2, 0.25) is 10.0 Å². The van der Waals surface area contributed by atoms with E-state index in [9.17, 15) is 13.2 Å². The van der Waals surface area contributed by atoms with Gasteiger partial charge in [-0.2, -0.15) is 4.31 Å². The number of ether oxygens (including phenoxy) is 1. The Kier molecular flexibility index (Phi) is 5.64. The van der Waals surface area contributed by atoms with Crippen molar-refractivity contribution < 1.29 is 17.9 Å². The molecule has 1 N–H and O–H groups in total. The molecule has 0 fully saturated rings. The smallest absolute Gasteiger partial charge is 0.271 e.